The van der Waals surface area contributed by atoms with Gasteiger partial charge >= 0.3 is 0 Å². The van der Waals surface area contributed by atoms with Gasteiger partial charge in [0.05, 0.1) is 5.52 Å². The van der Waals surface area contributed by atoms with Crippen molar-refractivity contribution in [2.75, 3.05) is 5.73 Å². The molecule has 20 heavy (non-hydrogen) atoms. The summed E-state index contributed by atoms with van der Waals surface area (Å²) < 4.78 is 0. The van der Waals surface area contributed by atoms with Gasteiger partial charge in [0.2, 0.25) is 0 Å². The van der Waals surface area contributed by atoms with E-state index in [1.165, 1.54) is 24.8 Å². The molecule has 3 nitrogen and oxygen atoms in total. The van der Waals surface area contributed by atoms with Gasteiger partial charge < -0.3 is 5.73 Å². The molecule has 1 aliphatic heterocycles. The summed E-state index contributed by atoms with van der Waals surface area (Å²) in [7, 11) is 0. The van der Waals surface area contributed by atoms with Crippen molar-refractivity contribution in [3.63, 3.8) is 0 Å². The van der Waals surface area contributed by atoms with Crippen LogP contribution in [0.4, 0.5) is 5.69 Å². The molecule has 1 aliphatic rings. The molecule has 2 aromatic rings. The lowest BCUT2D eigenvalue weighted by Gasteiger charge is -2.39. The van der Waals surface area contributed by atoms with Gasteiger partial charge in [-0.25, -0.2) is 0 Å². The second-order valence-electron chi connectivity index (χ2n) is 6.01. The number of aromatic nitrogens is 1. The maximum atomic E-state index is 6.06. The third kappa shape index (κ3) is 2.38. The van der Waals surface area contributed by atoms with E-state index >= 15 is 0 Å². The predicted molar refractivity (Wildman–Crippen MR) is 84.5 cm³/mol. The number of fused-ring (bicyclic) bond motifs is 1. The summed E-state index contributed by atoms with van der Waals surface area (Å²) in [6, 6.07) is 9.46. The summed E-state index contributed by atoms with van der Waals surface area (Å²) in [6.07, 6.45) is 5.79. The number of hydrogen-bond donors (Lipinski definition) is 1. The number of benzene rings is 1. The summed E-state index contributed by atoms with van der Waals surface area (Å²) in [6.45, 7) is 5.64. The lowest BCUT2D eigenvalue weighted by atomic mass is 9.96. The smallest absolute Gasteiger partial charge is 0.0767 e. The number of rotatable bonds is 2. The van der Waals surface area contributed by atoms with E-state index in [-0.39, 0.29) is 0 Å². The van der Waals surface area contributed by atoms with Gasteiger partial charge in [0.25, 0.3) is 0 Å². The monoisotopic (exact) mass is 269 g/mol. The minimum atomic E-state index is 0.648. The van der Waals surface area contributed by atoms with Crippen molar-refractivity contribution in [1.29, 1.82) is 0 Å². The summed E-state index contributed by atoms with van der Waals surface area (Å²) in [5, 5.41) is 1.07. The van der Waals surface area contributed by atoms with E-state index in [2.05, 4.69) is 35.9 Å². The van der Waals surface area contributed by atoms with Gasteiger partial charge in [0.1, 0.15) is 0 Å². The first-order valence-corrected chi connectivity index (χ1v) is 7.54. The van der Waals surface area contributed by atoms with Crippen molar-refractivity contribution < 1.29 is 0 Å². The van der Waals surface area contributed by atoms with Gasteiger partial charge in [-0.2, -0.15) is 0 Å². The number of pyridine rings is 1. The Kier molecular flexibility index (Phi) is 3.62. The van der Waals surface area contributed by atoms with Crippen molar-refractivity contribution in [2.24, 2.45) is 0 Å². The largest absolute Gasteiger partial charge is 0.398 e. The normalized spacial score (nSPS) is 24.1. The molecule has 2 atom stereocenters. The number of hydrogen-bond acceptors (Lipinski definition) is 3. The van der Waals surface area contributed by atoms with Crippen molar-refractivity contribution in [3.05, 3.63) is 36.0 Å². The molecule has 1 aromatic heterocycles. The van der Waals surface area contributed by atoms with Crippen LogP contribution in [-0.4, -0.2) is 22.0 Å². The number of likely N-dealkylation sites (tertiary alicyclic amines) is 1. The van der Waals surface area contributed by atoms with Gasteiger partial charge in [0.15, 0.2) is 0 Å². The molecule has 0 amide bonds. The predicted octanol–water partition coefficient (Wildman–Crippen LogP) is 3.58. The van der Waals surface area contributed by atoms with E-state index < -0.39 is 0 Å². The quantitative estimate of drug-likeness (QED) is 0.847. The minimum absolute atomic E-state index is 0.648. The first-order chi connectivity index (χ1) is 9.66. The second kappa shape index (κ2) is 5.41. The molecule has 0 bridgehead atoms. The third-order valence-corrected chi connectivity index (χ3v) is 4.62. The molecule has 1 saturated heterocycles. The maximum Gasteiger partial charge on any atom is 0.0767 e. The Labute approximate surface area is 120 Å². The topological polar surface area (TPSA) is 42.1 Å². The third-order valence-electron chi connectivity index (χ3n) is 4.62. The number of nitrogens with zero attached hydrogens (tertiary/aromatic N) is 2. The fourth-order valence-electron chi connectivity index (χ4n) is 3.36. The molecule has 0 saturated carbocycles. The first kappa shape index (κ1) is 13.4. The van der Waals surface area contributed by atoms with Crippen LogP contribution in [-0.2, 0) is 6.54 Å². The molecule has 2 heterocycles. The van der Waals surface area contributed by atoms with Crippen LogP contribution in [0.3, 0.4) is 0 Å². The molecule has 2 N–H and O–H groups in total. The molecule has 1 aromatic carbocycles. The Balaban J connectivity index is 1.96. The fraction of sp³-hybridized carbons (Fsp3) is 0.471. The molecule has 3 heteroatoms. The highest BCUT2D eigenvalue weighted by atomic mass is 15.2. The van der Waals surface area contributed by atoms with Crippen LogP contribution in [0.15, 0.2) is 30.5 Å². The Morgan fingerprint density at radius 1 is 1.20 bits per heavy atom. The summed E-state index contributed by atoms with van der Waals surface area (Å²) in [4.78, 5) is 7.15. The molecule has 0 aliphatic carbocycles. The Hall–Kier alpha value is -1.61. The zero-order valence-corrected chi connectivity index (χ0v) is 12.3. The number of nitrogens with two attached hydrogens (primary N) is 1. The number of anilines is 1. The van der Waals surface area contributed by atoms with E-state index in [0.29, 0.717) is 12.1 Å². The lowest BCUT2D eigenvalue weighted by Crippen LogP contribution is -2.43. The van der Waals surface area contributed by atoms with Crippen LogP contribution in [0.5, 0.6) is 0 Å². The summed E-state index contributed by atoms with van der Waals surface area (Å²) in [5.74, 6) is 0. The van der Waals surface area contributed by atoms with Gasteiger partial charge in [-0.05, 0) is 50.5 Å². The van der Waals surface area contributed by atoms with Crippen LogP contribution in [0.25, 0.3) is 10.9 Å². The summed E-state index contributed by atoms with van der Waals surface area (Å²) >= 11 is 0. The first-order valence-electron chi connectivity index (χ1n) is 7.54. The van der Waals surface area contributed by atoms with Crippen molar-refractivity contribution >= 4 is 16.6 Å². The maximum absolute atomic E-state index is 6.06. The average molecular weight is 269 g/mol. The van der Waals surface area contributed by atoms with Crippen LogP contribution < -0.4 is 5.73 Å². The Bertz CT molecular complexity index is 598. The van der Waals surface area contributed by atoms with Crippen molar-refractivity contribution in [3.8, 4) is 0 Å². The zero-order valence-electron chi connectivity index (χ0n) is 12.3. The van der Waals surface area contributed by atoms with E-state index in [1.54, 1.807) is 0 Å². The van der Waals surface area contributed by atoms with E-state index in [9.17, 15) is 0 Å². The highest BCUT2D eigenvalue weighted by molar-refractivity contribution is 5.92. The van der Waals surface area contributed by atoms with Crippen molar-refractivity contribution in [1.82, 2.24) is 9.88 Å². The van der Waals surface area contributed by atoms with E-state index in [1.807, 2.05) is 18.3 Å². The van der Waals surface area contributed by atoms with Crippen LogP contribution in [0.1, 0.15) is 38.7 Å². The fourth-order valence-corrected chi connectivity index (χ4v) is 3.36. The molecular formula is C17H23N3. The highest BCUT2D eigenvalue weighted by Gasteiger charge is 2.25. The lowest BCUT2D eigenvalue weighted by molar-refractivity contribution is 0.0957. The highest BCUT2D eigenvalue weighted by Crippen LogP contribution is 2.28. The van der Waals surface area contributed by atoms with Gasteiger partial charge in [0, 0.05) is 35.9 Å². The van der Waals surface area contributed by atoms with Crippen LogP contribution >= 0.6 is 0 Å². The van der Waals surface area contributed by atoms with Crippen LogP contribution in [0.2, 0.25) is 0 Å². The SMILES string of the molecule is CC1CCCC(C)N1Cc1ccc(N)c2cccnc12. The molecule has 0 spiro atoms. The molecule has 0 radical (unpaired) electrons. The van der Waals surface area contributed by atoms with Gasteiger partial charge in [-0.3, -0.25) is 9.88 Å². The van der Waals surface area contributed by atoms with Crippen molar-refractivity contribution in [2.45, 2.75) is 51.7 Å². The van der Waals surface area contributed by atoms with E-state index in [4.69, 9.17) is 5.73 Å². The Morgan fingerprint density at radius 3 is 2.70 bits per heavy atom. The standard InChI is InChI=1S/C17H23N3/c1-12-5-3-6-13(2)20(12)11-14-8-9-16(18)15-7-4-10-19-17(14)15/h4,7-10,12-13H,3,5-6,11,18H2,1-2H3. The second-order valence-corrected chi connectivity index (χ2v) is 6.01. The molecule has 1 fully saturated rings. The minimum Gasteiger partial charge on any atom is -0.398 e. The molecule has 2 unspecified atom stereocenters. The molecule has 106 valence electrons. The van der Waals surface area contributed by atoms with E-state index in [0.717, 1.165) is 23.1 Å². The van der Waals surface area contributed by atoms with Gasteiger partial charge in [-0.15, -0.1) is 0 Å². The zero-order chi connectivity index (χ0) is 14.1. The summed E-state index contributed by atoms with van der Waals surface area (Å²) in [5.41, 5.74) is 9.22. The number of nitrogen functional groups attached to an aromatic ring is 1. The molecule has 3 rings (SSSR count). The van der Waals surface area contributed by atoms with Gasteiger partial charge in [-0.1, -0.05) is 12.5 Å². The average Bonchev–Trinajstić information content (AvgIpc) is 2.46. The Morgan fingerprint density at radius 2 is 1.95 bits per heavy atom. The number of piperidine rings is 1. The van der Waals surface area contributed by atoms with Crippen LogP contribution in [0, 0.1) is 0 Å². The molecular weight excluding hydrogens is 246 g/mol.